The molecule has 0 unspecified atom stereocenters. The quantitative estimate of drug-likeness (QED) is 0.805. The van der Waals surface area contributed by atoms with E-state index in [0.29, 0.717) is 0 Å². The Labute approximate surface area is 114 Å². The van der Waals surface area contributed by atoms with E-state index in [1.165, 1.54) is 0 Å². The molecule has 0 radical (unpaired) electrons. The zero-order valence-corrected chi connectivity index (χ0v) is 11.1. The van der Waals surface area contributed by atoms with Gasteiger partial charge >= 0.3 is 0 Å². The van der Waals surface area contributed by atoms with Crippen LogP contribution in [0.2, 0.25) is 0 Å². The molecule has 7 heteroatoms. The minimum atomic E-state index is -0.790. The van der Waals surface area contributed by atoms with Crippen LogP contribution in [0.15, 0.2) is 21.5 Å². The third kappa shape index (κ3) is 2.12. The Hall–Kier alpha value is -1.41. The molecular formula is C13H16O7. The zero-order chi connectivity index (χ0) is 14.5. The van der Waals surface area contributed by atoms with Gasteiger partial charge in [-0.05, 0) is 13.8 Å². The molecule has 0 amide bonds. The number of aliphatic hydroxyl groups excluding tert-OH is 1. The van der Waals surface area contributed by atoms with E-state index in [0.717, 1.165) is 12.3 Å². The van der Waals surface area contributed by atoms with E-state index in [4.69, 9.17) is 18.6 Å². The molecule has 3 heterocycles. The topological polar surface area (TPSA) is 98.4 Å². The van der Waals surface area contributed by atoms with Gasteiger partial charge in [-0.25, -0.2) is 0 Å². The Kier molecular flexibility index (Phi) is 3.09. The Morgan fingerprint density at radius 3 is 2.65 bits per heavy atom. The largest absolute Gasteiger partial charge is 0.502 e. The summed E-state index contributed by atoms with van der Waals surface area (Å²) in [4.78, 5) is 11.5. The van der Waals surface area contributed by atoms with Crippen molar-refractivity contribution in [1.82, 2.24) is 0 Å². The first kappa shape index (κ1) is 13.6. The van der Waals surface area contributed by atoms with Gasteiger partial charge in [-0.2, -0.15) is 0 Å². The van der Waals surface area contributed by atoms with Crippen LogP contribution in [0.1, 0.15) is 25.7 Å². The maximum absolute atomic E-state index is 11.5. The molecule has 2 aliphatic heterocycles. The number of hydrogen-bond donors (Lipinski definition) is 2. The van der Waals surface area contributed by atoms with E-state index in [1.54, 1.807) is 13.8 Å². The molecule has 0 saturated carbocycles. The summed E-state index contributed by atoms with van der Waals surface area (Å²) < 4.78 is 22.3. The van der Waals surface area contributed by atoms with Crippen LogP contribution in [-0.4, -0.2) is 40.9 Å². The second kappa shape index (κ2) is 4.56. The summed E-state index contributed by atoms with van der Waals surface area (Å²) in [6.07, 6.45) is -1.16. The molecule has 0 aliphatic carbocycles. The Bertz CT molecular complexity index is 564. The molecule has 0 spiro atoms. The first-order chi connectivity index (χ1) is 9.41. The van der Waals surface area contributed by atoms with Crippen molar-refractivity contribution >= 4 is 0 Å². The molecule has 110 valence electrons. The Morgan fingerprint density at radius 2 is 2.00 bits per heavy atom. The maximum Gasteiger partial charge on any atom is 0.226 e. The number of aromatic hydroxyl groups is 1. The molecule has 20 heavy (non-hydrogen) atoms. The lowest BCUT2D eigenvalue weighted by atomic mass is 10.1. The third-order valence-electron chi connectivity index (χ3n) is 3.44. The van der Waals surface area contributed by atoms with Crippen LogP contribution in [0, 0.1) is 0 Å². The SMILES string of the molecule is CC1(C)O[C@@H]2[C@H](O1)[C@@H](CO)O[C@H]2c1cc(=O)c(O)co1. The van der Waals surface area contributed by atoms with Gasteiger partial charge in [0.2, 0.25) is 5.43 Å². The summed E-state index contributed by atoms with van der Waals surface area (Å²) in [6, 6.07) is 1.16. The highest BCUT2D eigenvalue weighted by Gasteiger charge is 2.56. The standard InChI is InChI=1S/C13H16O7/c1-13(2)19-11-9(4-14)18-10(12(11)20-13)8-3-6(15)7(16)5-17-8/h3,5,9-12,14,16H,4H2,1-2H3/t9-,10+,11-,12+/m1/s1. The van der Waals surface area contributed by atoms with E-state index < -0.39 is 41.4 Å². The summed E-state index contributed by atoms with van der Waals surface area (Å²) in [6.45, 7) is 3.31. The number of fused-ring (bicyclic) bond motifs is 1. The number of hydrogen-bond acceptors (Lipinski definition) is 7. The van der Waals surface area contributed by atoms with Crippen molar-refractivity contribution in [3.63, 3.8) is 0 Å². The molecule has 1 aromatic rings. The van der Waals surface area contributed by atoms with Gasteiger partial charge in [0.1, 0.15) is 36.4 Å². The fourth-order valence-electron chi connectivity index (χ4n) is 2.63. The average Bonchev–Trinajstić information content (AvgIpc) is 2.86. The van der Waals surface area contributed by atoms with Gasteiger partial charge in [0.15, 0.2) is 11.5 Å². The summed E-state index contributed by atoms with van der Waals surface area (Å²) in [5.41, 5.74) is -0.558. The molecule has 0 bridgehead atoms. The predicted molar refractivity (Wildman–Crippen MR) is 65.2 cm³/mol. The highest BCUT2D eigenvalue weighted by atomic mass is 16.8. The van der Waals surface area contributed by atoms with Crippen molar-refractivity contribution in [1.29, 1.82) is 0 Å². The van der Waals surface area contributed by atoms with E-state index >= 15 is 0 Å². The molecule has 2 fully saturated rings. The van der Waals surface area contributed by atoms with Crippen molar-refractivity contribution in [2.45, 2.75) is 44.1 Å². The predicted octanol–water partition coefficient (Wildman–Crippen LogP) is 0.298. The van der Waals surface area contributed by atoms with Gasteiger partial charge in [-0.15, -0.1) is 0 Å². The molecule has 0 aromatic carbocycles. The fourth-order valence-corrected chi connectivity index (χ4v) is 2.63. The number of aliphatic hydroxyl groups is 1. The van der Waals surface area contributed by atoms with Gasteiger partial charge in [0, 0.05) is 6.07 Å². The molecule has 2 N–H and O–H groups in total. The van der Waals surface area contributed by atoms with E-state index in [-0.39, 0.29) is 12.4 Å². The van der Waals surface area contributed by atoms with Gasteiger partial charge in [-0.3, -0.25) is 4.79 Å². The maximum atomic E-state index is 11.5. The molecule has 1 aromatic heterocycles. The molecule has 3 rings (SSSR count). The minimum absolute atomic E-state index is 0.223. The van der Waals surface area contributed by atoms with Crippen LogP contribution in [0.4, 0.5) is 0 Å². The molecule has 7 nitrogen and oxygen atoms in total. The summed E-state index contributed by atoms with van der Waals surface area (Å²) in [5.74, 6) is -1.02. The van der Waals surface area contributed by atoms with Crippen molar-refractivity contribution in [2.24, 2.45) is 0 Å². The smallest absolute Gasteiger partial charge is 0.226 e. The zero-order valence-electron chi connectivity index (χ0n) is 11.1. The van der Waals surface area contributed by atoms with E-state index in [9.17, 15) is 15.0 Å². The first-order valence-electron chi connectivity index (χ1n) is 6.35. The van der Waals surface area contributed by atoms with Gasteiger partial charge < -0.3 is 28.8 Å². The summed E-state index contributed by atoms with van der Waals surface area (Å²) in [5, 5.41) is 18.6. The van der Waals surface area contributed by atoms with Crippen molar-refractivity contribution in [2.75, 3.05) is 6.61 Å². The lowest BCUT2D eigenvalue weighted by molar-refractivity contribution is -0.192. The van der Waals surface area contributed by atoms with E-state index in [1.807, 2.05) is 0 Å². The Morgan fingerprint density at radius 1 is 1.30 bits per heavy atom. The number of ether oxygens (including phenoxy) is 3. The lowest BCUT2D eigenvalue weighted by Crippen LogP contribution is -2.31. The van der Waals surface area contributed by atoms with Crippen molar-refractivity contribution in [3.05, 3.63) is 28.3 Å². The van der Waals surface area contributed by atoms with Crippen LogP contribution in [0.25, 0.3) is 0 Å². The van der Waals surface area contributed by atoms with Gasteiger partial charge in [0.05, 0.1) is 6.61 Å². The summed E-state index contributed by atoms with van der Waals surface area (Å²) >= 11 is 0. The first-order valence-corrected chi connectivity index (χ1v) is 6.35. The second-order valence-electron chi connectivity index (χ2n) is 5.37. The molecule has 2 aliphatic rings. The van der Waals surface area contributed by atoms with Crippen LogP contribution in [0.3, 0.4) is 0 Å². The van der Waals surface area contributed by atoms with E-state index in [2.05, 4.69) is 0 Å². The van der Waals surface area contributed by atoms with Gasteiger partial charge in [0.25, 0.3) is 0 Å². The molecular weight excluding hydrogens is 268 g/mol. The van der Waals surface area contributed by atoms with Gasteiger partial charge in [-0.1, -0.05) is 0 Å². The average molecular weight is 284 g/mol. The fraction of sp³-hybridized carbons (Fsp3) is 0.615. The van der Waals surface area contributed by atoms with Crippen molar-refractivity contribution < 1.29 is 28.8 Å². The van der Waals surface area contributed by atoms with Crippen LogP contribution in [-0.2, 0) is 14.2 Å². The van der Waals surface area contributed by atoms with Crippen LogP contribution >= 0.6 is 0 Å². The lowest BCUT2D eigenvalue weighted by Gasteiger charge is -2.23. The number of rotatable bonds is 2. The highest BCUT2D eigenvalue weighted by molar-refractivity contribution is 5.19. The minimum Gasteiger partial charge on any atom is -0.502 e. The monoisotopic (exact) mass is 284 g/mol. The van der Waals surface area contributed by atoms with Crippen LogP contribution < -0.4 is 5.43 Å². The second-order valence-corrected chi connectivity index (χ2v) is 5.37. The molecule has 4 atom stereocenters. The highest BCUT2D eigenvalue weighted by Crippen LogP contribution is 2.44. The normalized spacial score (nSPS) is 35.1. The van der Waals surface area contributed by atoms with Crippen molar-refractivity contribution in [3.8, 4) is 5.75 Å². The van der Waals surface area contributed by atoms with Crippen LogP contribution in [0.5, 0.6) is 5.75 Å². The Balaban J connectivity index is 1.93. The molecule has 2 saturated heterocycles. The third-order valence-corrected chi connectivity index (χ3v) is 3.44. The summed E-state index contributed by atoms with van der Waals surface area (Å²) in [7, 11) is 0.